The zero-order valence-electron chi connectivity index (χ0n) is 11.9. The Kier molecular flexibility index (Phi) is 3.57. The van der Waals surface area contributed by atoms with Gasteiger partial charge in [-0.05, 0) is 43.2 Å². The second kappa shape index (κ2) is 5.37. The lowest BCUT2D eigenvalue weighted by Crippen LogP contribution is -2.37. The quantitative estimate of drug-likeness (QED) is 0.878. The summed E-state index contributed by atoms with van der Waals surface area (Å²) in [5.41, 5.74) is 2.43. The summed E-state index contributed by atoms with van der Waals surface area (Å²) >= 11 is 0. The van der Waals surface area contributed by atoms with Crippen molar-refractivity contribution in [2.75, 3.05) is 18.5 Å². The average Bonchev–Trinajstić information content (AvgIpc) is 2.42. The topological polar surface area (TPSA) is 58.0 Å². The Morgan fingerprint density at radius 1 is 1.30 bits per heavy atom. The van der Waals surface area contributed by atoms with Crippen molar-refractivity contribution in [3.05, 3.63) is 30.1 Å². The highest BCUT2D eigenvalue weighted by Gasteiger charge is 2.36. The van der Waals surface area contributed by atoms with Crippen molar-refractivity contribution in [2.45, 2.75) is 32.6 Å². The van der Waals surface area contributed by atoms with E-state index in [0.29, 0.717) is 0 Å². The molecule has 0 saturated heterocycles. The molecule has 3 rings (SSSR count). The van der Waals surface area contributed by atoms with Gasteiger partial charge in [0.1, 0.15) is 12.1 Å². The predicted molar refractivity (Wildman–Crippen MR) is 80.8 cm³/mol. The molecule has 0 bridgehead atoms. The van der Waals surface area contributed by atoms with Gasteiger partial charge < -0.3 is 10.4 Å². The van der Waals surface area contributed by atoms with Crippen LogP contribution in [-0.2, 0) is 0 Å². The molecule has 1 fully saturated rings. The molecule has 0 radical (unpaired) electrons. The van der Waals surface area contributed by atoms with Crippen LogP contribution >= 0.6 is 0 Å². The lowest BCUT2D eigenvalue weighted by Gasteiger charge is -2.42. The summed E-state index contributed by atoms with van der Waals surface area (Å²) in [4.78, 5) is 8.73. The van der Waals surface area contributed by atoms with Gasteiger partial charge in [0.25, 0.3) is 0 Å². The fourth-order valence-electron chi connectivity index (χ4n) is 3.12. The second-order valence-corrected chi connectivity index (χ2v) is 5.87. The number of hydrogen-bond donors (Lipinski definition) is 2. The van der Waals surface area contributed by atoms with E-state index < -0.39 is 0 Å². The molecule has 20 heavy (non-hydrogen) atoms. The van der Waals surface area contributed by atoms with Crippen molar-refractivity contribution in [1.82, 2.24) is 9.97 Å². The molecule has 0 unspecified atom stereocenters. The first-order valence-electron chi connectivity index (χ1n) is 7.29. The minimum atomic E-state index is 0.259. The molecule has 0 spiro atoms. The Balaban J connectivity index is 1.84. The Morgan fingerprint density at radius 2 is 2.15 bits per heavy atom. The van der Waals surface area contributed by atoms with Crippen LogP contribution in [0.25, 0.3) is 10.9 Å². The van der Waals surface area contributed by atoms with Crippen LogP contribution in [0.2, 0.25) is 0 Å². The maximum Gasteiger partial charge on any atom is 0.137 e. The summed E-state index contributed by atoms with van der Waals surface area (Å²) in [6.45, 7) is 3.24. The van der Waals surface area contributed by atoms with Gasteiger partial charge in [0.15, 0.2) is 0 Å². The van der Waals surface area contributed by atoms with Gasteiger partial charge >= 0.3 is 0 Å². The van der Waals surface area contributed by atoms with Gasteiger partial charge in [-0.2, -0.15) is 0 Å². The molecule has 106 valence electrons. The number of rotatable bonds is 5. The van der Waals surface area contributed by atoms with Crippen LogP contribution in [0.1, 0.15) is 31.2 Å². The number of anilines is 1. The number of aromatic nitrogens is 2. The molecule has 0 amide bonds. The molecule has 1 heterocycles. The second-order valence-electron chi connectivity index (χ2n) is 5.87. The van der Waals surface area contributed by atoms with Crippen molar-refractivity contribution < 1.29 is 5.11 Å². The van der Waals surface area contributed by atoms with E-state index in [4.69, 9.17) is 0 Å². The zero-order chi connectivity index (χ0) is 14.0. The largest absolute Gasteiger partial charge is 0.396 e. The minimum Gasteiger partial charge on any atom is -0.396 e. The zero-order valence-corrected chi connectivity index (χ0v) is 11.9. The Bertz CT molecular complexity index is 602. The molecule has 4 nitrogen and oxygen atoms in total. The first-order valence-corrected chi connectivity index (χ1v) is 7.29. The highest BCUT2D eigenvalue weighted by atomic mass is 16.3. The van der Waals surface area contributed by atoms with Gasteiger partial charge in [0.2, 0.25) is 0 Å². The highest BCUT2D eigenvalue weighted by molar-refractivity contribution is 5.91. The lowest BCUT2D eigenvalue weighted by atomic mass is 9.67. The van der Waals surface area contributed by atoms with E-state index in [9.17, 15) is 5.11 Å². The number of nitrogens with zero attached hydrogens (tertiary/aromatic N) is 2. The van der Waals surface area contributed by atoms with E-state index in [1.165, 1.54) is 24.8 Å². The molecule has 0 aliphatic heterocycles. The van der Waals surface area contributed by atoms with Gasteiger partial charge in [-0.25, -0.2) is 9.97 Å². The fraction of sp³-hybridized carbons (Fsp3) is 0.500. The van der Waals surface area contributed by atoms with Crippen molar-refractivity contribution in [1.29, 1.82) is 0 Å². The summed E-state index contributed by atoms with van der Waals surface area (Å²) in [5, 5.41) is 13.8. The molecular weight excluding hydrogens is 250 g/mol. The molecule has 1 saturated carbocycles. The summed E-state index contributed by atoms with van der Waals surface area (Å²) < 4.78 is 0. The molecule has 1 aromatic carbocycles. The maximum atomic E-state index is 9.23. The van der Waals surface area contributed by atoms with Crippen molar-refractivity contribution in [2.24, 2.45) is 5.41 Å². The normalized spacial score (nSPS) is 16.9. The molecule has 1 aromatic heterocycles. The number of aryl methyl sites for hydroxylation is 1. The van der Waals surface area contributed by atoms with Crippen LogP contribution in [0.15, 0.2) is 24.5 Å². The third-order valence-electron chi connectivity index (χ3n) is 4.56. The third kappa shape index (κ3) is 2.36. The smallest absolute Gasteiger partial charge is 0.137 e. The van der Waals surface area contributed by atoms with Crippen molar-refractivity contribution in [3.63, 3.8) is 0 Å². The Morgan fingerprint density at radius 3 is 2.85 bits per heavy atom. The number of hydrogen-bond acceptors (Lipinski definition) is 4. The third-order valence-corrected chi connectivity index (χ3v) is 4.56. The standard InChI is InChI=1S/C16H21N3O/c1-12-4-2-5-13-14(12)15(19-11-18-13)17-10-16(8-9-20)6-3-7-16/h2,4-5,11,20H,3,6-10H2,1H3,(H,17,18,19). The van der Waals surface area contributed by atoms with Crippen LogP contribution < -0.4 is 5.32 Å². The van der Waals surface area contributed by atoms with Gasteiger partial charge in [-0.3, -0.25) is 0 Å². The highest BCUT2D eigenvalue weighted by Crippen LogP contribution is 2.43. The van der Waals surface area contributed by atoms with Crippen LogP contribution in [0.5, 0.6) is 0 Å². The molecule has 2 N–H and O–H groups in total. The summed E-state index contributed by atoms with van der Waals surface area (Å²) in [6, 6.07) is 6.12. The summed E-state index contributed by atoms with van der Waals surface area (Å²) in [6.07, 6.45) is 6.15. The Hall–Kier alpha value is -1.68. The molecule has 1 aliphatic carbocycles. The van der Waals surface area contributed by atoms with Gasteiger partial charge in [0.05, 0.1) is 5.52 Å². The van der Waals surface area contributed by atoms with Crippen LogP contribution in [0.4, 0.5) is 5.82 Å². The van der Waals surface area contributed by atoms with E-state index in [1.54, 1.807) is 6.33 Å². The van der Waals surface area contributed by atoms with Crippen molar-refractivity contribution in [3.8, 4) is 0 Å². The monoisotopic (exact) mass is 271 g/mol. The molecule has 0 atom stereocenters. The summed E-state index contributed by atoms with van der Waals surface area (Å²) in [7, 11) is 0. The van der Waals surface area contributed by atoms with E-state index in [2.05, 4.69) is 28.3 Å². The van der Waals surface area contributed by atoms with Gasteiger partial charge in [0, 0.05) is 18.5 Å². The first kappa shape index (κ1) is 13.3. The molecule has 2 aromatic rings. The van der Waals surface area contributed by atoms with Gasteiger partial charge in [-0.1, -0.05) is 18.6 Å². The van der Waals surface area contributed by atoms with E-state index >= 15 is 0 Å². The summed E-state index contributed by atoms with van der Waals surface area (Å²) in [5.74, 6) is 0.914. The van der Waals surface area contributed by atoms with Crippen LogP contribution in [0.3, 0.4) is 0 Å². The van der Waals surface area contributed by atoms with E-state index in [0.717, 1.165) is 29.7 Å². The maximum absolute atomic E-state index is 9.23. The predicted octanol–water partition coefficient (Wildman–Crippen LogP) is 2.90. The fourth-order valence-corrected chi connectivity index (χ4v) is 3.12. The number of aliphatic hydroxyl groups excluding tert-OH is 1. The van der Waals surface area contributed by atoms with E-state index in [1.807, 2.05) is 12.1 Å². The average molecular weight is 271 g/mol. The van der Waals surface area contributed by atoms with Crippen molar-refractivity contribution >= 4 is 16.7 Å². The molecular formula is C16H21N3O. The molecule has 1 aliphatic rings. The Labute approximate surface area is 119 Å². The SMILES string of the molecule is Cc1cccc2ncnc(NCC3(CCO)CCC3)c12. The van der Waals surface area contributed by atoms with Crippen LogP contribution in [0, 0.1) is 12.3 Å². The number of aliphatic hydroxyl groups is 1. The number of nitrogens with one attached hydrogen (secondary N) is 1. The number of fused-ring (bicyclic) bond motifs is 1. The molecule has 4 heteroatoms. The van der Waals surface area contributed by atoms with Gasteiger partial charge in [-0.15, -0.1) is 0 Å². The van der Waals surface area contributed by atoms with Crippen LogP contribution in [-0.4, -0.2) is 28.2 Å². The van der Waals surface area contributed by atoms with E-state index in [-0.39, 0.29) is 12.0 Å². The lowest BCUT2D eigenvalue weighted by molar-refractivity contribution is 0.102. The first-order chi connectivity index (χ1) is 9.74. The minimum absolute atomic E-state index is 0.259. The number of benzene rings is 1.